The van der Waals surface area contributed by atoms with Gasteiger partial charge in [0, 0.05) is 18.0 Å². The first kappa shape index (κ1) is 16.9. The summed E-state index contributed by atoms with van der Waals surface area (Å²) in [6.45, 7) is 5.64. The van der Waals surface area contributed by atoms with E-state index in [4.69, 9.17) is 23.8 Å². The van der Waals surface area contributed by atoms with Crippen LogP contribution in [0.2, 0.25) is 4.34 Å². The van der Waals surface area contributed by atoms with Crippen molar-refractivity contribution in [1.82, 2.24) is 10.2 Å². The molecule has 116 valence electrons. The number of nitrogens with zero attached hydrogens (tertiary/aromatic N) is 1. The third-order valence-corrected chi connectivity index (χ3v) is 4.59. The number of benzene rings is 1. The van der Waals surface area contributed by atoms with E-state index in [0.29, 0.717) is 24.7 Å². The highest BCUT2D eigenvalue weighted by Crippen LogP contribution is 2.22. The van der Waals surface area contributed by atoms with Gasteiger partial charge in [-0.25, -0.2) is 4.39 Å². The SMILES string of the molecule is C=CCN(Cc1ccc(Cl)s1)C(=S)NCc1ccc(F)cc1. The Morgan fingerprint density at radius 2 is 2.05 bits per heavy atom. The number of hydrogen-bond donors (Lipinski definition) is 1. The van der Waals surface area contributed by atoms with Crippen LogP contribution >= 0.6 is 35.2 Å². The van der Waals surface area contributed by atoms with Crippen molar-refractivity contribution in [2.24, 2.45) is 0 Å². The predicted octanol–water partition coefficient (Wildman–Crippen LogP) is 4.60. The van der Waals surface area contributed by atoms with Crippen LogP contribution in [0.25, 0.3) is 0 Å². The van der Waals surface area contributed by atoms with Crippen molar-refractivity contribution in [1.29, 1.82) is 0 Å². The zero-order valence-corrected chi connectivity index (χ0v) is 14.3. The first-order valence-electron chi connectivity index (χ1n) is 6.71. The molecule has 22 heavy (non-hydrogen) atoms. The van der Waals surface area contributed by atoms with Crippen molar-refractivity contribution in [3.8, 4) is 0 Å². The van der Waals surface area contributed by atoms with Gasteiger partial charge >= 0.3 is 0 Å². The molecule has 1 N–H and O–H groups in total. The summed E-state index contributed by atoms with van der Waals surface area (Å²) in [4.78, 5) is 3.14. The fraction of sp³-hybridized carbons (Fsp3) is 0.188. The molecule has 0 amide bonds. The minimum Gasteiger partial charge on any atom is -0.358 e. The van der Waals surface area contributed by atoms with Gasteiger partial charge in [-0.1, -0.05) is 29.8 Å². The number of nitrogens with one attached hydrogen (secondary N) is 1. The van der Waals surface area contributed by atoms with Crippen LogP contribution in [0.1, 0.15) is 10.4 Å². The molecule has 0 aliphatic heterocycles. The number of hydrogen-bond acceptors (Lipinski definition) is 2. The summed E-state index contributed by atoms with van der Waals surface area (Å²) in [7, 11) is 0. The van der Waals surface area contributed by atoms with Crippen LogP contribution in [0.15, 0.2) is 49.1 Å². The molecule has 0 unspecified atom stereocenters. The number of thiophene rings is 1. The van der Waals surface area contributed by atoms with Gasteiger partial charge in [-0.15, -0.1) is 17.9 Å². The molecule has 0 saturated heterocycles. The smallest absolute Gasteiger partial charge is 0.169 e. The van der Waals surface area contributed by atoms with Crippen molar-refractivity contribution >= 4 is 40.3 Å². The van der Waals surface area contributed by atoms with Crippen LogP contribution in [0.3, 0.4) is 0 Å². The second-order valence-corrected chi connectivity index (χ2v) is 6.85. The fourth-order valence-corrected chi connectivity index (χ4v) is 3.21. The maximum Gasteiger partial charge on any atom is 0.169 e. The first-order chi connectivity index (χ1) is 10.6. The topological polar surface area (TPSA) is 15.3 Å². The van der Waals surface area contributed by atoms with Gasteiger partial charge in [0.15, 0.2) is 5.11 Å². The van der Waals surface area contributed by atoms with E-state index in [9.17, 15) is 4.39 Å². The van der Waals surface area contributed by atoms with Crippen molar-refractivity contribution < 1.29 is 4.39 Å². The Balaban J connectivity index is 1.93. The van der Waals surface area contributed by atoms with Crippen LogP contribution in [0, 0.1) is 5.82 Å². The van der Waals surface area contributed by atoms with E-state index in [1.807, 2.05) is 17.0 Å². The minimum absolute atomic E-state index is 0.241. The lowest BCUT2D eigenvalue weighted by Gasteiger charge is -2.24. The van der Waals surface area contributed by atoms with E-state index in [1.165, 1.54) is 23.5 Å². The molecule has 0 radical (unpaired) electrons. The second kappa shape index (κ2) is 8.27. The summed E-state index contributed by atoms with van der Waals surface area (Å²) in [5.41, 5.74) is 0.974. The Morgan fingerprint density at radius 3 is 2.64 bits per heavy atom. The van der Waals surface area contributed by atoms with E-state index in [-0.39, 0.29) is 5.82 Å². The van der Waals surface area contributed by atoms with E-state index >= 15 is 0 Å². The maximum absolute atomic E-state index is 12.9. The Labute approximate surface area is 144 Å². The molecule has 0 saturated carbocycles. The molecule has 1 aromatic carbocycles. The molecule has 0 aliphatic rings. The fourth-order valence-electron chi connectivity index (χ4n) is 1.89. The van der Waals surface area contributed by atoms with Gasteiger partial charge in [0.2, 0.25) is 0 Å². The average molecular weight is 355 g/mol. The standard InChI is InChI=1S/C16H16ClFN2S2/c1-2-9-20(11-14-7-8-15(17)22-14)16(21)19-10-12-3-5-13(18)6-4-12/h2-8H,1,9-11H2,(H,19,21). The Hall–Kier alpha value is -1.43. The Kier molecular flexibility index (Phi) is 6.36. The quantitative estimate of drug-likeness (QED) is 0.602. The second-order valence-electron chi connectivity index (χ2n) is 4.66. The highest BCUT2D eigenvalue weighted by atomic mass is 35.5. The number of rotatable bonds is 6. The lowest BCUT2D eigenvalue weighted by Crippen LogP contribution is -2.38. The summed E-state index contributed by atoms with van der Waals surface area (Å²) in [6.07, 6.45) is 1.81. The molecule has 2 rings (SSSR count). The lowest BCUT2D eigenvalue weighted by atomic mass is 10.2. The van der Waals surface area contributed by atoms with Gasteiger partial charge < -0.3 is 10.2 Å². The van der Waals surface area contributed by atoms with E-state index in [0.717, 1.165) is 14.8 Å². The number of halogens is 2. The molecule has 0 spiro atoms. The van der Waals surface area contributed by atoms with Crippen LogP contribution in [-0.2, 0) is 13.1 Å². The summed E-state index contributed by atoms with van der Waals surface area (Å²) in [5.74, 6) is -0.241. The van der Waals surface area contributed by atoms with E-state index in [1.54, 1.807) is 18.2 Å². The largest absolute Gasteiger partial charge is 0.358 e. The lowest BCUT2D eigenvalue weighted by molar-refractivity contribution is 0.451. The molecule has 0 aliphatic carbocycles. The molecule has 2 aromatic rings. The predicted molar refractivity (Wildman–Crippen MR) is 95.8 cm³/mol. The average Bonchev–Trinajstić information content (AvgIpc) is 2.91. The van der Waals surface area contributed by atoms with Gasteiger partial charge in [-0.2, -0.15) is 0 Å². The van der Waals surface area contributed by atoms with Crippen LogP contribution in [0.4, 0.5) is 4.39 Å². The number of thiocarbonyl (C=S) groups is 1. The molecular formula is C16H16ClFN2S2. The van der Waals surface area contributed by atoms with Gasteiger partial charge in [0.1, 0.15) is 5.82 Å². The zero-order valence-electron chi connectivity index (χ0n) is 11.9. The molecule has 0 bridgehead atoms. The summed E-state index contributed by atoms with van der Waals surface area (Å²) < 4.78 is 13.6. The summed E-state index contributed by atoms with van der Waals surface area (Å²) in [5, 5.41) is 3.82. The zero-order chi connectivity index (χ0) is 15.9. The highest BCUT2D eigenvalue weighted by molar-refractivity contribution is 7.80. The molecule has 1 heterocycles. The molecular weight excluding hydrogens is 339 g/mol. The van der Waals surface area contributed by atoms with Crippen molar-refractivity contribution in [2.45, 2.75) is 13.1 Å². The van der Waals surface area contributed by atoms with Gasteiger partial charge in [0.25, 0.3) is 0 Å². The van der Waals surface area contributed by atoms with E-state index in [2.05, 4.69) is 11.9 Å². The molecule has 0 fully saturated rings. The molecule has 2 nitrogen and oxygen atoms in total. The van der Waals surface area contributed by atoms with Crippen LogP contribution in [-0.4, -0.2) is 16.6 Å². The highest BCUT2D eigenvalue weighted by Gasteiger charge is 2.10. The van der Waals surface area contributed by atoms with Crippen molar-refractivity contribution in [3.63, 3.8) is 0 Å². The van der Waals surface area contributed by atoms with E-state index < -0.39 is 0 Å². The monoisotopic (exact) mass is 354 g/mol. The molecule has 6 heteroatoms. The molecule has 1 aromatic heterocycles. The van der Waals surface area contributed by atoms with Crippen LogP contribution < -0.4 is 5.32 Å². The normalized spacial score (nSPS) is 10.3. The third-order valence-electron chi connectivity index (χ3n) is 2.97. The minimum atomic E-state index is -0.241. The Morgan fingerprint density at radius 1 is 1.32 bits per heavy atom. The first-order valence-corrected chi connectivity index (χ1v) is 8.31. The van der Waals surface area contributed by atoms with Gasteiger partial charge in [0.05, 0.1) is 10.9 Å². The van der Waals surface area contributed by atoms with Crippen molar-refractivity contribution in [3.05, 3.63) is 69.6 Å². The summed E-state index contributed by atoms with van der Waals surface area (Å²) >= 11 is 12.9. The Bertz CT molecular complexity index is 640. The van der Waals surface area contributed by atoms with Crippen LogP contribution in [0.5, 0.6) is 0 Å². The third kappa shape index (κ3) is 5.09. The van der Waals surface area contributed by atoms with Gasteiger partial charge in [-0.05, 0) is 42.0 Å². The summed E-state index contributed by atoms with van der Waals surface area (Å²) in [6, 6.07) is 10.2. The van der Waals surface area contributed by atoms with Crippen molar-refractivity contribution in [2.75, 3.05) is 6.54 Å². The molecule has 0 atom stereocenters. The maximum atomic E-state index is 12.9. The van der Waals surface area contributed by atoms with Gasteiger partial charge in [-0.3, -0.25) is 0 Å².